The van der Waals surface area contributed by atoms with E-state index in [9.17, 15) is 14.4 Å². The summed E-state index contributed by atoms with van der Waals surface area (Å²) < 4.78 is 2.62. The van der Waals surface area contributed by atoms with Crippen molar-refractivity contribution >= 4 is 23.5 Å². The number of nitrogens with zero attached hydrogens (tertiary/aromatic N) is 4. The van der Waals surface area contributed by atoms with Gasteiger partial charge in [-0.2, -0.15) is 10.2 Å². The molecular formula is C12H14N6O4. The van der Waals surface area contributed by atoms with Gasteiger partial charge in [0.15, 0.2) is 5.69 Å². The van der Waals surface area contributed by atoms with Gasteiger partial charge in [0.25, 0.3) is 5.91 Å². The summed E-state index contributed by atoms with van der Waals surface area (Å²) in [7, 11) is 1.53. The SMILES string of the molecule is Cn1ncc(NC(=O)CCn2ccc(C(=O)O)n2)c1C(N)=O. The summed E-state index contributed by atoms with van der Waals surface area (Å²) in [6, 6.07) is 1.34. The zero-order valence-corrected chi connectivity index (χ0v) is 11.7. The molecule has 0 unspecified atom stereocenters. The van der Waals surface area contributed by atoms with Crippen LogP contribution in [0.15, 0.2) is 18.5 Å². The molecule has 10 nitrogen and oxygen atoms in total. The average Bonchev–Trinajstić information content (AvgIpc) is 3.03. The topological polar surface area (TPSA) is 145 Å². The van der Waals surface area contributed by atoms with Crippen LogP contribution in [-0.4, -0.2) is 42.5 Å². The normalized spacial score (nSPS) is 10.4. The monoisotopic (exact) mass is 306 g/mol. The van der Waals surface area contributed by atoms with E-state index in [1.54, 1.807) is 0 Å². The molecule has 0 bridgehead atoms. The second-order valence-electron chi connectivity index (χ2n) is 4.46. The molecule has 10 heteroatoms. The maximum atomic E-state index is 11.9. The van der Waals surface area contributed by atoms with Gasteiger partial charge in [-0.05, 0) is 6.07 Å². The number of hydrogen-bond acceptors (Lipinski definition) is 5. The lowest BCUT2D eigenvalue weighted by Crippen LogP contribution is -2.20. The largest absolute Gasteiger partial charge is 0.476 e. The molecule has 0 saturated carbocycles. The lowest BCUT2D eigenvalue weighted by atomic mass is 10.3. The molecule has 22 heavy (non-hydrogen) atoms. The van der Waals surface area contributed by atoms with Gasteiger partial charge in [0.1, 0.15) is 5.69 Å². The van der Waals surface area contributed by atoms with Crippen LogP contribution in [-0.2, 0) is 18.4 Å². The number of nitrogens with two attached hydrogens (primary N) is 1. The van der Waals surface area contributed by atoms with Gasteiger partial charge in [-0.3, -0.25) is 19.0 Å². The van der Waals surface area contributed by atoms with Crippen LogP contribution in [0, 0.1) is 0 Å². The molecule has 0 fully saturated rings. The second kappa shape index (κ2) is 6.08. The summed E-state index contributed by atoms with van der Waals surface area (Å²) in [6.07, 6.45) is 2.85. The fraction of sp³-hybridized carbons (Fsp3) is 0.250. The van der Waals surface area contributed by atoms with E-state index < -0.39 is 11.9 Å². The van der Waals surface area contributed by atoms with Crippen molar-refractivity contribution in [1.29, 1.82) is 0 Å². The Balaban J connectivity index is 1.96. The molecule has 2 amide bonds. The molecule has 0 spiro atoms. The van der Waals surface area contributed by atoms with E-state index in [-0.39, 0.29) is 35.9 Å². The molecular weight excluding hydrogens is 292 g/mol. The number of anilines is 1. The first-order valence-corrected chi connectivity index (χ1v) is 6.27. The van der Waals surface area contributed by atoms with Crippen LogP contribution in [0.5, 0.6) is 0 Å². The van der Waals surface area contributed by atoms with Crippen LogP contribution in [0.4, 0.5) is 5.69 Å². The van der Waals surface area contributed by atoms with Gasteiger partial charge in [-0.25, -0.2) is 4.79 Å². The summed E-state index contributed by atoms with van der Waals surface area (Å²) in [5.41, 5.74) is 5.44. The van der Waals surface area contributed by atoms with Crippen molar-refractivity contribution in [2.24, 2.45) is 12.8 Å². The Labute approximate surface area is 124 Å². The van der Waals surface area contributed by atoms with Crippen LogP contribution < -0.4 is 11.1 Å². The van der Waals surface area contributed by atoms with Gasteiger partial charge in [-0.15, -0.1) is 0 Å². The standard InChI is InChI=1S/C12H14N6O4/c1-17-10(11(13)20)8(6-14-17)15-9(19)3-5-18-4-2-7(16-18)12(21)22/h2,4,6H,3,5H2,1H3,(H2,13,20)(H,15,19)(H,21,22). The van der Waals surface area contributed by atoms with E-state index in [1.165, 1.54) is 34.9 Å². The first-order valence-electron chi connectivity index (χ1n) is 6.27. The van der Waals surface area contributed by atoms with Crippen LogP contribution in [0.25, 0.3) is 0 Å². The number of aromatic carboxylic acids is 1. The molecule has 0 radical (unpaired) electrons. The van der Waals surface area contributed by atoms with E-state index in [0.717, 1.165) is 0 Å². The number of primary amides is 1. The first kappa shape index (κ1) is 15.2. The van der Waals surface area contributed by atoms with E-state index >= 15 is 0 Å². The highest BCUT2D eigenvalue weighted by Gasteiger charge is 2.16. The van der Waals surface area contributed by atoms with Crippen LogP contribution in [0.2, 0.25) is 0 Å². The number of rotatable bonds is 6. The fourth-order valence-electron chi connectivity index (χ4n) is 1.85. The van der Waals surface area contributed by atoms with Crippen LogP contribution in [0.3, 0.4) is 0 Å². The molecule has 0 aromatic carbocycles. The molecule has 0 aliphatic carbocycles. The van der Waals surface area contributed by atoms with Crippen molar-refractivity contribution < 1.29 is 19.5 Å². The molecule has 0 aliphatic rings. The highest BCUT2D eigenvalue weighted by molar-refractivity contribution is 6.01. The summed E-state index contributed by atoms with van der Waals surface area (Å²) in [5.74, 6) is -2.21. The minimum atomic E-state index is -1.13. The Bertz CT molecular complexity index is 732. The van der Waals surface area contributed by atoms with Gasteiger partial charge in [0, 0.05) is 26.2 Å². The van der Waals surface area contributed by atoms with Crippen molar-refractivity contribution in [3.05, 3.63) is 29.8 Å². The number of aromatic nitrogens is 4. The van der Waals surface area contributed by atoms with Crippen molar-refractivity contribution in [3.8, 4) is 0 Å². The first-order chi connectivity index (χ1) is 10.4. The lowest BCUT2D eigenvalue weighted by Gasteiger charge is -2.05. The molecule has 2 aromatic rings. The third kappa shape index (κ3) is 3.29. The molecule has 0 saturated heterocycles. The Morgan fingerprint density at radius 3 is 2.73 bits per heavy atom. The van der Waals surface area contributed by atoms with E-state index in [4.69, 9.17) is 10.8 Å². The number of amides is 2. The van der Waals surface area contributed by atoms with Crippen LogP contribution >= 0.6 is 0 Å². The molecule has 2 aromatic heterocycles. The number of aryl methyl sites for hydroxylation is 2. The van der Waals surface area contributed by atoms with Gasteiger partial charge in [-0.1, -0.05) is 0 Å². The Kier molecular flexibility index (Phi) is 4.20. The minimum Gasteiger partial charge on any atom is -0.476 e. The molecule has 0 atom stereocenters. The highest BCUT2D eigenvalue weighted by atomic mass is 16.4. The third-order valence-corrected chi connectivity index (χ3v) is 2.87. The van der Waals surface area contributed by atoms with E-state index in [0.29, 0.717) is 0 Å². The number of carbonyl (C=O) groups is 3. The van der Waals surface area contributed by atoms with E-state index in [2.05, 4.69) is 15.5 Å². The predicted molar refractivity (Wildman–Crippen MR) is 74.2 cm³/mol. The quantitative estimate of drug-likeness (QED) is 0.652. The summed E-state index contributed by atoms with van der Waals surface area (Å²) in [6.45, 7) is 0.200. The van der Waals surface area contributed by atoms with Gasteiger partial charge >= 0.3 is 5.97 Å². The number of hydrogen-bond donors (Lipinski definition) is 3. The number of carboxylic acids is 1. The van der Waals surface area contributed by atoms with Gasteiger partial charge in [0.05, 0.1) is 11.9 Å². The molecule has 0 aliphatic heterocycles. The maximum absolute atomic E-state index is 11.9. The number of carbonyl (C=O) groups excluding carboxylic acids is 2. The van der Waals surface area contributed by atoms with Crippen LogP contribution in [0.1, 0.15) is 27.4 Å². The molecule has 116 valence electrons. The summed E-state index contributed by atoms with van der Waals surface area (Å²) in [4.78, 5) is 33.8. The summed E-state index contributed by atoms with van der Waals surface area (Å²) in [5, 5.41) is 18.9. The fourth-order valence-corrected chi connectivity index (χ4v) is 1.85. The smallest absolute Gasteiger partial charge is 0.356 e. The van der Waals surface area contributed by atoms with Crippen molar-refractivity contribution in [1.82, 2.24) is 19.6 Å². The van der Waals surface area contributed by atoms with Crippen molar-refractivity contribution in [2.75, 3.05) is 5.32 Å². The lowest BCUT2D eigenvalue weighted by molar-refractivity contribution is -0.116. The zero-order valence-electron chi connectivity index (χ0n) is 11.7. The predicted octanol–water partition coefficient (Wildman–Crippen LogP) is -0.557. The number of carboxylic acid groups (broad SMARTS) is 1. The Morgan fingerprint density at radius 2 is 2.14 bits per heavy atom. The summed E-state index contributed by atoms with van der Waals surface area (Å²) >= 11 is 0. The minimum absolute atomic E-state index is 0.0494. The maximum Gasteiger partial charge on any atom is 0.356 e. The second-order valence-corrected chi connectivity index (χ2v) is 4.46. The van der Waals surface area contributed by atoms with Crippen molar-refractivity contribution in [3.63, 3.8) is 0 Å². The average molecular weight is 306 g/mol. The van der Waals surface area contributed by atoms with Crippen molar-refractivity contribution in [2.45, 2.75) is 13.0 Å². The Morgan fingerprint density at radius 1 is 1.41 bits per heavy atom. The Hall–Kier alpha value is -3.17. The third-order valence-electron chi connectivity index (χ3n) is 2.87. The van der Waals surface area contributed by atoms with E-state index in [1.807, 2.05) is 0 Å². The molecule has 2 rings (SSSR count). The highest BCUT2D eigenvalue weighted by Crippen LogP contribution is 2.13. The zero-order chi connectivity index (χ0) is 16.3. The number of nitrogens with one attached hydrogen (secondary N) is 1. The molecule has 2 heterocycles. The van der Waals surface area contributed by atoms with Gasteiger partial charge < -0.3 is 16.2 Å². The van der Waals surface area contributed by atoms with Gasteiger partial charge in [0.2, 0.25) is 5.91 Å². The molecule has 4 N–H and O–H groups in total.